The van der Waals surface area contributed by atoms with Crippen LogP contribution in [0.3, 0.4) is 0 Å². The van der Waals surface area contributed by atoms with Crippen LogP contribution in [0.5, 0.6) is 11.5 Å². The third-order valence-electron chi connectivity index (χ3n) is 5.98. The maximum Gasteiger partial charge on any atom is 0.161 e. The predicted molar refractivity (Wildman–Crippen MR) is 128 cm³/mol. The normalized spacial score (nSPS) is 16.0. The average molecular weight is 437 g/mol. The van der Waals surface area contributed by atoms with Crippen LogP contribution in [0.1, 0.15) is 28.3 Å². The molecule has 31 heavy (non-hydrogen) atoms. The van der Waals surface area contributed by atoms with Crippen LogP contribution in [0.25, 0.3) is 0 Å². The molecule has 0 aliphatic carbocycles. The van der Waals surface area contributed by atoms with Crippen LogP contribution in [-0.2, 0) is 13.0 Å². The molecule has 0 fully saturated rings. The fourth-order valence-electron chi connectivity index (χ4n) is 4.37. The zero-order valence-corrected chi connectivity index (χ0v) is 19.3. The lowest BCUT2D eigenvalue weighted by Gasteiger charge is -2.38. The van der Waals surface area contributed by atoms with Crippen LogP contribution in [0.15, 0.2) is 60.7 Å². The van der Waals surface area contributed by atoms with Gasteiger partial charge in [0.25, 0.3) is 0 Å². The van der Waals surface area contributed by atoms with Gasteiger partial charge >= 0.3 is 0 Å². The van der Waals surface area contributed by atoms with Crippen molar-refractivity contribution < 1.29 is 9.47 Å². The lowest BCUT2D eigenvalue weighted by molar-refractivity contribution is 0.203. The lowest BCUT2D eigenvalue weighted by atomic mass is 9.87. The minimum Gasteiger partial charge on any atom is -0.493 e. The number of rotatable bonds is 6. The molecular weight excluding hydrogens is 408 g/mol. The van der Waals surface area contributed by atoms with Crippen LogP contribution >= 0.6 is 11.6 Å². The van der Waals surface area contributed by atoms with E-state index in [1.54, 1.807) is 14.2 Å². The Morgan fingerprint density at radius 3 is 2.32 bits per heavy atom. The zero-order chi connectivity index (χ0) is 22.0. The Morgan fingerprint density at radius 2 is 1.68 bits per heavy atom. The van der Waals surface area contributed by atoms with Gasteiger partial charge < -0.3 is 14.4 Å². The van der Waals surface area contributed by atoms with E-state index in [2.05, 4.69) is 72.4 Å². The number of nitrogens with zero attached hydrogens (tertiary/aromatic N) is 2. The Bertz CT molecular complexity index is 1050. The molecule has 1 aliphatic rings. The summed E-state index contributed by atoms with van der Waals surface area (Å²) in [5.41, 5.74) is 6.22. The maximum atomic E-state index is 6.38. The van der Waals surface area contributed by atoms with Gasteiger partial charge in [-0.2, -0.15) is 0 Å². The van der Waals surface area contributed by atoms with Crippen molar-refractivity contribution in [2.45, 2.75) is 19.0 Å². The van der Waals surface area contributed by atoms with E-state index in [1.807, 2.05) is 12.1 Å². The molecule has 0 radical (unpaired) electrons. The molecule has 0 saturated carbocycles. The van der Waals surface area contributed by atoms with Crippen molar-refractivity contribution >= 4 is 17.3 Å². The van der Waals surface area contributed by atoms with E-state index in [9.17, 15) is 0 Å². The van der Waals surface area contributed by atoms with Crippen LogP contribution in [0.2, 0.25) is 5.02 Å². The molecule has 3 aromatic rings. The standard InChI is InChI=1S/C26H29ClN2O2/c1-28(2)22-10-8-18(9-11-22)17-29-13-12-19-15-24(30-3)25(31-4)16-23(19)26(29)20-6-5-7-21(27)14-20/h5-11,14-16,26H,12-13,17H2,1-4H3/t26-/m0/s1. The summed E-state index contributed by atoms with van der Waals surface area (Å²) in [4.78, 5) is 4.64. The van der Waals surface area contributed by atoms with Gasteiger partial charge in [-0.3, -0.25) is 4.90 Å². The minimum atomic E-state index is 0.0933. The second kappa shape index (κ2) is 9.21. The predicted octanol–water partition coefficient (Wildman–Crippen LogP) is 5.57. The summed E-state index contributed by atoms with van der Waals surface area (Å²) in [5.74, 6) is 1.53. The molecule has 0 N–H and O–H groups in total. The first-order valence-electron chi connectivity index (χ1n) is 10.5. The highest BCUT2D eigenvalue weighted by molar-refractivity contribution is 6.30. The molecule has 0 saturated heterocycles. The topological polar surface area (TPSA) is 24.9 Å². The molecule has 1 atom stereocenters. The summed E-state index contributed by atoms with van der Waals surface area (Å²) in [7, 11) is 7.50. The number of ether oxygens (including phenoxy) is 2. The summed E-state index contributed by atoms with van der Waals surface area (Å²) < 4.78 is 11.2. The molecule has 0 bridgehead atoms. The van der Waals surface area contributed by atoms with E-state index < -0.39 is 0 Å². The van der Waals surface area contributed by atoms with Crippen molar-refractivity contribution in [3.8, 4) is 11.5 Å². The summed E-state index contributed by atoms with van der Waals surface area (Å²) in [6, 6.07) is 21.3. The van der Waals surface area contributed by atoms with Gasteiger partial charge in [0.1, 0.15) is 0 Å². The van der Waals surface area contributed by atoms with Crippen LogP contribution in [-0.4, -0.2) is 39.8 Å². The largest absolute Gasteiger partial charge is 0.493 e. The fraction of sp³-hybridized carbons (Fsp3) is 0.308. The quantitative estimate of drug-likeness (QED) is 0.504. The Labute approximate surface area is 190 Å². The number of benzene rings is 3. The fourth-order valence-corrected chi connectivity index (χ4v) is 4.57. The summed E-state index contributed by atoms with van der Waals surface area (Å²) >= 11 is 6.38. The number of methoxy groups -OCH3 is 2. The van der Waals surface area contributed by atoms with Gasteiger partial charge in [-0.1, -0.05) is 35.9 Å². The molecule has 0 spiro atoms. The highest BCUT2D eigenvalue weighted by Crippen LogP contribution is 2.42. The second-order valence-electron chi connectivity index (χ2n) is 8.14. The van der Waals surface area contributed by atoms with Crippen molar-refractivity contribution in [3.05, 3.63) is 87.9 Å². The zero-order valence-electron chi connectivity index (χ0n) is 18.6. The summed E-state index contributed by atoms with van der Waals surface area (Å²) in [5, 5.41) is 0.750. The van der Waals surface area contributed by atoms with E-state index >= 15 is 0 Å². The first-order valence-corrected chi connectivity index (χ1v) is 10.9. The molecule has 0 aromatic heterocycles. The Hall–Kier alpha value is -2.69. The molecule has 1 aliphatic heterocycles. The number of hydrogen-bond donors (Lipinski definition) is 0. The van der Waals surface area contributed by atoms with E-state index in [1.165, 1.54) is 27.9 Å². The highest BCUT2D eigenvalue weighted by atomic mass is 35.5. The monoisotopic (exact) mass is 436 g/mol. The van der Waals surface area contributed by atoms with Crippen molar-refractivity contribution in [1.29, 1.82) is 0 Å². The first kappa shape index (κ1) is 21.5. The third-order valence-corrected chi connectivity index (χ3v) is 6.21. The molecule has 4 rings (SSSR count). The third kappa shape index (κ3) is 4.51. The summed E-state index contributed by atoms with van der Waals surface area (Å²) in [6.07, 6.45) is 0.961. The van der Waals surface area contributed by atoms with Crippen LogP contribution in [0, 0.1) is 0 Å². The van der Waals surface area contributed by atoms with Gasteiger partial charge in [0.15, 0.2) is 11.5 Å². The van der Waals surface area contributed by atoms with E-state index in [-0.39, 0.29) is 6.04 Å². The SMILES string of the molecule is COc1cc2c(cc1OC)[C@H](c1cccc(Cl)c1)N(Cc1ccc(N(C)C)cc1)CC2. The van der Waals surface area contributed by atoms with E-state index in [4.69, 9.17) is 21.1 Å². The molecule has 3 aromatic carbocycles. The second-order valence-corrected chi connectivity index (χ2v) is 8.58. The lowest BCUT2D eigenvalue weighted by Crippen LogP contribution is -2.35. The van der Waals surface area contributed by atoms with Gasteiger partial charge in [0.2, 0.25) is 0 Å². The summed E-state index contributed by atoms with van der Waals surface area (Å²) in [6.45, 7) is 1.81. The number of anilines is 1. The maximum absolute atomic E-state index is 6.38. The van der Waals surface area contributed by atoms with Crippen molar-refractivity contribution in [1.82, 2.24) is 4.90 Å². The van der Waals surface area contributed by atoms with Gasteiger partial charge in [-0.15, -0.1) is 0 Å². The van der Waals surface area contributed by atoms with Gasteiger partial charge in [-0.25, -0.2) is 0 Å². The van der Waals surface area contributed by atoms with Gasteiger partial charge in [-0.05, 0) is 65.1 Å². The van der Waals surface area contributed by atoms with Crippen LogP contribution < -0.4 is 14.4 Å². The Morgan fingerprint density at radius 1 is 0.968 bits per heavy atom. The van der Waals surface area contributed by atoms with Crippen molar-refractivity contribution in [2.75, 3.05) is 39.8 Å². The Balaban J connectivity index is 1.75. The average Bonchev–Trinajstić information content (AvgIpc) is 2.78. The highest BCUT2D eigenvalue weighted by Gasteiger charge is 2.30. The molecule has 5 heteroatoms. The smallest absolute Gasteiger partial charge is 0.161 e. The number of fused-ring (bicyclic) bond motifs is 1. The van der Waals surface area contributed by atoms with Gasteiger partial charge in [0.05, 0.1) is 20.3 Å². The molecule has 0 unspecified atom stereocenters. The molecule has 0 amide bonds. The molecule has 4 nitrogen and oxygen atoms in total. The molecule has 162 valence electrons. The minimum absolute atomic E-state index is 0.0933. The first-order chi connectivity index (χ1) is 15.0. The van der Waals surface area contributed by atoms with Gasteiger partial charge in [0, 0.05) is 37.9 Å². The number of halogens is 1. The van der Waals surface area contributed by atoms with Crippen LogP contribution in [0.4, 0.5) is 5.69 Å². The van der Waals surface area contributed by atoms with E-state index in [0.29, 0.717) is 0 Å². The Kier molecular flexibility index (Phi) is 6.40. The molecular formula is C26H29ClN2O2. The molecule has 1 heterocycles. The van der Waals surface area contributed by atoms with E-state index in [0.717, 1.165) is 36.0 Å². The van der Waals surface area contributed by atoms with Crippen molar-refractivity contribution in [3.63, 3.8) is 0 Å². The number of hydrogen-bond acceptors (Lipinski definition) is 4. The van der Waals surface area contributed by atoms with Crippen molar-refractivity contribution in [2.24, 2.45) is 0 Å².